The van der Waals surface area contributed by atoms with Crippen molar-refractivity contribution in [2.75, 3.05) is 51.3 Å². The summed E-state index contributed by atoms with van der Waals surface area (Å²) in [7, 11) is -3.77. The molecule has 0 saturated carbocycles. The maximum absolute atomic E-state index is 13.5. The average molecular weight is 520 g/mol. The summed E-state index contributed by atoms with van der Waals surface area (Å²) in [4.78, 5) is 27.3. The van der Waals surface area contributed by atoms with Crippen LogP contribution in [0.5, 0.6) is 5.88 Å². The van der Waals surface area contributed by atoms with Crippen molar-refractivity contribution in [3.63, 3.8) is 0 Å². The van der Waals surface area contributed by atoms with Crippen LogP contribution in [0.4, 0.5) is 5.69 Å². The number of hydrogen-bond donors (Lipinski definition) is 2. The van der Waals surface area contributed by atoms with Crippen LogP contribution in [0, 0.1) is 5.92 Å². The van der Waals surface area contributed by atoms with E-state index in [1.54, 1.807) is 0 Å². The Balaban J connectivity index is 1.77. The monoisotopic (exact) mass is 519 g/mol. The van der Waals surface area contributed by atoms with Crippen molar-refractivity contribution in [2.24, 2.45) is 5.92 Å². The van der Waals surface area contributed by atoms with E-state index < -0.39 is 10.0 Å². The molecule has 2 aromatic heterocycles. The Bertz CT molecular complexity index is 1240. The van der Waals surface area contributed by atoms with Crippen molar-refractivity contribution in [1.82, 2.24) is 29.2 Å². The molecule has 11 nitrogen and oxygen atoms in total. The molecule has 0 aromatic carbocycles. The molecule has 2 aliphatic rings. The SMILES string of the molecule is CCC1c2nc(-c3cc(S(=O)(=O)N4CCN(CC)CC4)cnc3OCC(C)C)[nH]c(=O)c2NN1CC. The van der Waals surface area contributed by atoms with Crippen LogP contribution < -0.4 is 15.7 Å². The molecule has 198 valence electrons. The molecule has 0 aliphatic carbocycles. The van der Waals surface area contributed by atoms with Gasteiger partial charge in [-0.3, -0.25) is 4.79 Å². The van der Waals surface area contributed by atoms with Crippen LogP contribution in [0.25, 0.3) is 11.4 Å². The number of fused-ring (bicyclic) bond motifs is 1. The van der Waals surface area contributed by atoms with Gasteiger partial charge in [0.25, 0.3) is 5.56 Å². The summed E-state index contributed by atoms with van der Waals surface area (Å²) in [5.41, 5.74) is 4.24. The number of sulfonamides is 1. The van der Waals surface area contributed by atoms with Gasteiger partial charge in [0.1, 0.15) is 16.4 Å². The van der Waals surface area contributed by atoms with Crippen LogP contribution in [0.1, 0.15) is 52.8 Å². The van der Waals surface area contributed by atoms with Crippen LogP contribution in [0.2, 0.25) is 0 Å². The van der Waals surface area contributed by atoms with Crippen LogP contribution >= 0.6 is 0 Å². The third-order valence-corrected chi connectivity index (χ3v) is 8.54. The Labute approximate surface area is 212 Å². The molecule has 1 atom stereocenters. The fourth-order valence-corrected chi connectivity index (χ4v) is 5.98. The summed E-state index contributed by atoms with van der Waals surface area (Å²) >= 11 is 0. The highest BCUT2D eigenvalue weighted by atomic mass is 32.2. The van der Waals surface area contributed by atoms with Gasteiger partial charge in [0.2, 0.25) is 15.9 Å². The van der Waals surface area contributed by atoms with Crippen molar-refractivity contribution in [1.29, 1.82) is 0 Å². The molecule has 0 radical (unpaired) electrons. The van der Waals surface area contributed by atoms with Gasteiger partial charge in [-0.1, -0.05) is 34.6 Å². The van der Waals surface area contributed by atoms with E-state index in [4.69, 9.17) is 9.72 Å². The summed E-state index contributed by atoms with van der Waals surface area (Å²) in [5.74, 6) is 0.723. The lowest BCUT2D eigenvalue weighted by Gasteiger charge is -2.33. The van der Waals surface area contributed by atoms with E-state index in [0.29, 0.717) is 56.3 Å². The fourth-order valence-electron chi connectivity index (χ4n) is 4.59. The molecule has 1 saturated heterocycles. The number of aromatic amines is 1. The van der Waals surface area contributed by atoms with Gasteiger partial charge < -0.3 is 20.0 Å². The second-order valence-corrected chi connectivity index (χ2v) is 11.5. The van der Waals surface area contributed by atoms with Crippen LogP contribution in [0.3, 0.4) is 0 Å². The quantitative estimate of drug-likeness (QED) is 0.514. The number of piperazine rings is 1. The van der Waals surface area contributed by atoms with E-state index in [1.807, 2.05) is 32.7 Å². The first kappa shape index (κ1) is 26.5. The van der Waals surface area contributed by atoms with Crippen molar-refractivity contribution in [3.8, 4) is 17.3 Å². The first-order chi connectivity index (χ1) is 17.2. The van der Waals surface area contributed by atoms with Gasteiger partial charge >= 0.3 is 0 Å². The number of pyridine rings is 1. The normalized spacial score (nSPS) is 19.4. The van der Waals surface area contributed by atoms with E-state index in [1.165, 1.54) is 16.6 Å². The van der Waals surface area contributed by atoms with E-state index >= 15 is 0 Å². The minimum atomic E-state index is -3.77. The highest BCUT2D eigenvalue weighted by Gasteiger charge is 2.33. The van der Waals surface area contributed by atoms with Gasteiger partial charge in [-0.15, -0.1) is 0 Å². The van der Waals surface area contributed by atoms with Gasteiger partial charge in [-0.25, -0.2) is 23.4 Å². The number of ether oxygens (including phenoxy) is 1. The summed E-state index contributed by atoms with van der Waals surface area (Å²) in [6.07, 6.45) is 2.10. The second kappa shape index (κ2) is 10.8. The lowest BCUT2D eigenvalue weighted by atomic mass is 10.1. The predicted octanol–water partition coefficient (Wildman–Crippen LogP) is 2.31. The number of nitrogens with zero attached hydrogens (tertiary/aromatic N) is 5. The Morgan fingerprint density at radius 2 is 1.86 bits per heavy atom. The number of H-pyrrole nitrogens is 1. The van der Waals surface area contributed by atoms with Crippen LogP contribution in [0.15, 0.2) is 22.0 Å². The van der Waals surface area contributed by atoms with Crippen molar-refractivity contribution < 1.29 is 13.2 Å². The fraction of sp³-hybridized carbons (Fsp3) is 0.625. The topological polar surface area (TPSA) is 124 Å². The molecule has 4 rings (SSSR count). The molecule has 1 fully saturated rings. The van der Waals surface area contributed by atoms with Gasteiger partial charge in [-0.2, -0.15) is 4.31 Å². The number of hydrazine groups is 1. The minimum absolute atomic E-state index is 0.0582. The lowest BCUT2D eigenvalue weighted by Crippen LogP contribution is -2.48. The Morgan fingerprint density at radius 1 is 1.14 bits per heavy atom. The molecule has 2 N–H and O–H groups in total. The van der Waals surface area contributed by atoms with Crippen molar-refractivity contribution >= 4 is 15.7 Å². The van der Waals surface area contributed by atoms with E-state index in [2.05, 4.69) is 27.2 Å². The van der Waals surface area contributed by atoms with Gasteiger partial charge in [0.15, 0.2) is 0 Å². The van der Waals surface area contributed by atoms with Crippen molar-refractivity contribution in [3.05, 3.63) is 28.3 Å². The maximum atomic E-state index is 13.5. The number of anilines is 1. The lowest BCUT2D eigenvalue weighted by molar-refractivity contribution is 0.196. The summed E-state index contributed by atoms with van der Waals surface area (Å²) in [5, 5.41) is 1.97. The third kappa shape index (κ3) is 5.13. The molecular weight excluding hydrogens is 482 g/mol. The van der Waals surface area contributed by atoms with Crippen LogP contribution in [-0.4, -0.2) is 83.5 Å². The van der Waals surface area contributed by atoms with Crippen molar-refractivity contribution in [2.45, 2.75) is 52.0 Å². The molecule has 0 bridgehead atoms. The molecule has 0 amide bonds. The number of nitrogens with one attached hydrogen (secondary N) is 2. The first-order valence-corrected chi connectivity index (χ1v) is 14.2. The number of likely N-dealkylation sites (N-methyl/N-ethyl adjacent to an activating group) is 1. The van der Waals surface area contributed by atoms with E-state index in [-0.39, 0.29) is 34.1 Å². The Hall–Kier alpha value is -2.54. The third-order valence-electron chi connectivity index (χ3n) is 6.67. The first-order valence-electron chi connectivity index (χ1n) is 12.7. The molecule has 2 aromatic rings. The van der Waals surface area contributed by atoms with E-state index in [9.17, 15) is 13.2 Å². The zero-order chi connectivity index (χ0) is 26.0. The predicted molar refractivity (Wildman–Crippen MR) is 138 cm³/mol. The van der Waals surface area contributed by atoms with E-state index in [0.717, 1.165) is 13.0 Å². The largest absolute Gasteiger partial charge is 0.477 e. The summed E-state index contributed by atoms with van der Waals surface area (Å²) in [6.45, 7) is 14.3. The van der Waals surface area contributed by atoms with Gasteiger partial charge in [0, 0.05) is 32.7 Å². The average Bonchev–Trinajstić information content (AvgIpc) is 3.25. The zero-order valence-electron chi connectivity index (χ0n) is 21.7. The van der Waals surface area contributed by atoms with Gasteiger partial charge in [0.05, 0.1) is 30.1 Å². The maximum Gasteiger partial charge on any atom is 0.276 e. The molecule has 1 unspecified atom stereocenters. The minimum Gasteiger partial charge on any atom is -0.477 e. The molecule has 4 heterocycles. The molecule has 2 aliphatic heterocycles. The highest BCUT2D eigenvalue weighted by Crippen LogP contribution is 2.36. The zero-order valence-corrected chi connectivity index (χ0v) is 22.6. The smallest absolute Gasteiger partial charge is 0.276 e. The number of hydrogen-bond acceptors (Lipinski definition) is 9. The Morgan fingerprint density at radius 3 is 2.47 bits per heavy atom. The van der Waals surface area contributed by atoms with Crippen LogP contribution in [-0.2, 0) is 10.0 Å². The molecule has 36 heavy (non-hydrogen) atoms. The van der Waals surface area contributed by atoms with Gasteiger partial charge in [-0.05, 0) is 24.9 Å². The number of aromatic nitrogens is 3. The second-order valence-electron chi connectivity index (χ2n) is 9.56. The number of rotatable bonds is 9. The molecule has 0 spiro atoms. The highest BCUT2D eigenvalue weighted by molar-refractivity contribution is 7.89. The standard InChI is InChI=1S/C24H37N7O4S/c1-6-19-20-21(28-31(19)8-3)23(32)27-22(26-20)18-13-17(14-25-24(18)35-15-16(4)5)36(33,34)30-11-9-29(7-2)10-12-30/h13-14,16,19,28H,6-12,15H2,1-5H3,(H,26,27,32). The Kier molecular flexibility index (Phi) is 7.98. The summed E-state index contributed by atoms with van der Waals surface area (Å²) < 4.78 is 34.4. The summed E-state index contributed by atoms with van der Waals surface area (Å²) in [6, 6.07) is 1.45. The molecule has 12 heteroatoms. The molecular formula is C24H37N7O4S.